The Morgan fingerprint density at radius 3 is 2.37 bits per heavy atom. The summed E-state index contributed by atoms with van der Waals surface area (Å²) in [6, 6.07) is 17.1. The molecule has 0 radical (unpaired) electrons. The van der Waals surface area contributed by atoms with Crippen LogP contribution in [0.4, 0.5) is 0 Å². The number of rotatable bonds is 5. The zero-order valence-electron chi connectivity index (χ0n) is 11.0. The van der Waals surface area contributed by atoms with Crippen molar-refractivity contribution in [1.82, 2.24) is 0 Å². The fraction of sp³-hybridized carbons (Fsp3) is 0.250. The molecule has 2 aromatic carbocycles. The van der Waals surface area contributed by atoms with Gasteiger partial charge in [0.1, 0.15) is 12.4 Å². The van der Waals surface area contributed by atoms with Crippen molar-refractivity contribution < 1.29 is 9.84 Å². The molecule has 0 amide bonds. The van der Waals surface area contributed by atoms with Gasteiger partial charge < -0.3 is 15.6 Å². The molecule has 19 heavy (non-hydrogen) atoms. The van der Waals surface area contributed by atoms with Crippen LogP contribution >= 0.6 is 0 Å². The lowest BCUT2D eigenvalue weighted by atomic mass is 10.0. The molecule has 0 fully saturated rings. The Labute approximate surface area is 113 Å². The van der Waals surface area contributed by atoms with Gasteiger partial charge in [-0.15, -0.1) is 0 Å². The average Bonchev–Trinajstić information content (AvgIpc) is 2.45. The Morgan fingerprint density at radius 1 is 1.05 bits per heavy atom. The van der Waals surface area contributed by atoms with Gasteiger partial charge in [0.05, 0.1) is 12.1 Å². The van der Waals surface area contributed by atoms with Crippen molar-refractivity contribution in [3.63, 3.8) is 0 Å². The third-order valence-corrected chi connectivity index (χ3v) is 3.04. The number of ether oxygens (including phenoxy) is 1. The second-order valence-electron chi connectivity index (χ2n) is 4.58. The van der Waals surface area contributed by atoms with E-state index in [-0.39, 0.29) is 0 Å². The summed E-state index contributed by atoms with van der Waals surface area (Å²) in [4.78, 5) is 0. The number of hydrogen-bond acceptors (Lipinski definition) is 3. The molecule has 0 aliphatic heterocycles. The first-order valence-electron chi connectivity index (χ1n) is 6.38. The van der Waals surface area contributed by atoms with E-state index in [4.69, 9.17) is 10.5 Å². The van der Waals surface area contributed by atoms with Gasteiger partial charge in [0.15, 0.2) is 0 Å². The van der Waals surface area contributed by atoms with Crippen molar-refractivity contribution in [1.29, 1.82) is 0 Å². The smallest absolute Gasteiger partial charge is 0.124 e. The van der Waals surface area contributed by atoms with Gasteiger partial charge in [-0.3, -0.25) is 0 Å². The van der Waals surface area contributed by atoms with E-state index in [0.717, 1.165) is 16.9 Å². The molecule has 0 heterocycles. The molecule has 0 saturated heterocycles. The highest BCUT2D eigenvalue weighted by Gasteiger charge is 2.16. The lowest BCUT2D eigenvalue weighted by Crippen LogP contribution is -2.23. The molecule has 0 aliphatic rings. The molecular weight excluding hydrogens is 238 g/mol. The molecule has 3 heteroatoms. The van der Waals surface area contributed by atoms with E-state index >= 15 is 0 Å². The van der Waals surface area contributed by atoms with E-state index in [1.807, 2.05) is 54.6 Å². The maximum absolute atomic E-state index is 9.60. The van der Waals surface area contributed by atoms with Crippen molar-refractivity contribution >= 4 is 0 Å². The third-order valence-electron chi connectivity index (χ3n) is 3.04. The highest BCUT2D eigenvalue weighted by molar-refractivity contribution is 5.36. The minimum absolute atomic E-state index is 0.438. The molecule has 2 aromatic rings. The molecule has 3 N–H and O–H groups in total. The van der Waals surface area contributed by atoms with E-state index in [1.165, 1.54) is 0 Å². The van der Waals surface area contributed by atoms with Crippen LogP contribution in [0.2, 0.25) is 0 Å². The van der Waals surface area contributed by atoms with E-state index in [2.05, 4.69) is 0 Å². The number of aliphatic hydroxyl groups is 1. The van der Waals surface area contributed by atoms with Crippen LogP contribution in [0.15, 0.2) is 54.6 Å². The van der Waals surface area contributed by atoms with E-state index in [1.54, 1.807) is 6.92 Å². The lowest BCUT2D eigenvalue weighted by molar-refractivity contribution is 0.161. The number of aliphatic hydroxyl groups excluding tert-OH is 1. The van der Waals surface area contributed by atoms with Crippen LogP contribution in [-0.4, -0.2) is 11.2 Å². The molecule has 0 unspecified atom stereocenters. The van der Waals surface area contributed by atoms with Gasteiger partial charge in [-0.2, -0.15) is 0 Å². The Kier molecular flexibility index (Phi) is 4.55. The van der Waals surface area contributed by atoms with E-state index in [9.17, 15) is 5.11 Å². The molecule has 2 atom stereocenters. The van der Waals surface area contributed by atoms with Crippen LogP contribution < -0.4 is 10.5 Å². The summed E-state index contributed by atoms with van der Waals surface area (Å²) < 4.78 is 5.80. The molecular formula is C16H19NO2. The monoisotopic (exact) mass is 257 g/mol. The molecule has 2 rings (SSSR count). The molecule has 3 nitrogen and oxygen atoms in total. The normalized spacial score (nSPS) is 13.8. The summed E-state index contributed by atoms with van der Waals surface area (Å²) in [6.45, 7) is 2.17. The number of hydrogen-bond donors (Lipinski definition) is 2. The summed E-state index contributed by atoms with van der Waals surface area (Å²) in [5.74, 6) is 0.722. The van der Waals surface area contributed by atoms with Crippen LogP contribution in [-0.2, 0) is 6.61 Å². The van der Waals surface area contributed by atoms with Crippen LogP contribution in [0.25, 0.3) is 0 Å². The molecule has 100 valence electrons. The third kappa shape index (κ3) is 3.56. The highest BCUT2D eigenvalue weighted by atomic mass is 16.5. The number of para-hydroxylation sites is 1. The zero-order chi connectivity index (χ0) is 13.7. The fourth-order valence-electron chi connectivity index (χ4n) is 1.88. The minimum atomic E-state index is -0.610. The Balaban J connectivity index is 2.12. The van der Waals surface area contributed by atoms with Crippen molar-refractivity contribution in [2.75, 3.05) is 0 Å². The van der Waals surface area contributed by atoms with Gasteiger partial charge in [-0.25, -0.2) is 0 Å². The van der Waals surface area contributed by atoms with Crippen molar-refractivity contribution in [3.05, 3.63) is 65.7 Å². The summed E-state index contributed by atoms with van der Waals surface area (Å²) in [6.07, 6.45) is -0.610. The first-order valence-corrected chi connectivity index (χ1v) is 6.38. The average molecular weight is 257 g/mol. The maximum atomic E-state index is 9.60. The van der Waals surface area contributed by atoms with Gasteiger partial charge in [0.2, 0.25) is 0 Å². The van der Waals surface area contributed by atoms with Crippen molar-refractivity contribution in [3.8, 4) is 5.75 Å². The molecule has 0 aliphatic carbocycles. The zero-order valence-corrected chi connectivity index (χ0v) is 11.0. The predicted molar refractivity (Wildman–Crippen MR) is 75.8 cm³/mol. The maximum Gasteiger partial charge on any atom is 0.124 e. The van der Waals surface area contributed by atoms with E-state index in [0.29, 0.717) is 6.61 Å². The largest absolute Gasteiger partial charge is 0.489 e. The van der Waals surface area contributed by atoms with Crippen LogP contribution in [0, 0.1) is 0 Å². The van der Waals surface area contributed by atoms with Crippen molar-refractivity contribution in [2.24, 2.45) is 5.73 Å². The Hall–Kier alpha value is -1.84. The van der Waals surface area contributed by atoms with Gasteiger partial charge in [0.25, 0.3) is 0 Å². The first kappa shape index (κ1) is 13.6. The van der Waals surface area contributed by atoms with Gasteiger partial charge in [-0.1, -0.05) is 48.5 Å². The Morgan fingerprint density at radius 2 is 1.68 bits per heavy atom. The first-order chi connectivity index (χ1) is 9.18. The van der Waals surface area contributed by atoms with E-state index < -0.39 is 12.1 Å². The van der Waals surface area contributed by atoms with Gasteiger partial charge in [0, 0.05) is 5.56 Å². The van der Waals surface area contributed by atoms with Crippen LogP contribution in [0.3, 0.4) is 0 Å². The SMILES string of the molecule is C[C@@H](O)[C@@H](N)c1ccccc1OCc1ccccc1. The van der Waals surface area contributed by atoms with Crippen LogP contribution in [0.5, 0.6) is 5.75 Å². The highest BCUT2D eigenvalue weighted by Crippen LogP contribution is 2.26. The lowest BCUT2D eigenvalue weighted by Gasteiger charge is -2.19. The predicted octanol–water partition coefficient (Wildman–Crippen LogP) is 2.65. The van der Waals surface area contributed by atoms with Gasteiger partial charge >= 0.3 is 0 Å². The van der Waals surface area contributed by atoms with Crippen LogP contribution in [0.1, 0.15) is 24.1 Å². The van der Waals surface area contributed by atoms with Crippen molar-refractivity contribution in [2.45, 2.75) is 25.7 Å². The molecule has 0 bridgehead atoms. The standard InChI is InChI=1S/C16H19NO2/c1-12(18)16(17)14-9-5-6-10-15(14)19-11-13-7-3-2-4-8-13/h2-10,12,16,18H,11,17H2,1H3/t12-,16-/m1/s1. The summed E-state index contributed by atoms with van der Waals surface area (Å²) in [5, 5.41) is 9.60. The number of benzene rings is 2. The minimum Gasteiger partial charge on any atom is -0.489 e. The van der Waals surface area contributed by atoms with Gasteiger partial charge in [-0.05, 0) is 18.6 Å². The quantitative estimate of drug-likeness (QED) is 0.865. The summed E-state index contributed by atoms with van der Waals surface area (Å²) in [7, 11) is 0. The molecule has 0 aromatic heterocycles. The second kappa shape index (κ2) is 6.36. The topological polar surface area (TPSA) is 55.5 Å². The molecule has 0 spiro atoms. The second-order valence-corrected chi connectivity index (χ2v) is 4.58. The Bertz CT molecular complexity index is 511. The fourth-order valence-corrected chi connectivity index (χ4v) is 1.88. The summed E-state index contributed by atoms with van der Waals surface area (Å²) in [5.41, 5.74) is 7.90. The number of nitrogens with two attached hydrogens (primary N) is 1. The summed E-state index contributed by atoms with van der Waals surface area (Å²) >= 11 is 0. The molecule has 0 saturated carbocycles.